The van der Waals surface area contributed by atoms with Crippen LogP contribution in [0.15, 0.2) is 0 Å². The Morgan fingerprint density at radius 1 is 1.10 bits per heavy atom. The van der Waals surface area contributed by atoms with Gasteiger partial charge in [-0.3, -0.25) is 4.90 Å². The van der Waals surface area contributed by atoms with Gasteiger partial charge in [-0.2, -0.15) is 0 Å². The van der Waals surface area contributed by atoms with Crippen LogP contribution in [0.3, 0.4) is 0 Å². The van der Waals surface area contributed by atoms with Crippen LogP contribution in [0.25, 0.3) is 0 Å². The Morgan fingerprint density at radius 2 is 1.86 bits per heavy atom. The highest BCUT2D eigenvalue weighted by Crippen LogP contribution is 2.44. The maximum Gasteiger partial charge on any atom is 0.0710 e. The van der Waals surface area contributed by atoms with Crippen molar-refractivity contribution in [3.05, 3.63) is 0 Å². The number of rotatable bonds is 3. The first-order valence-corrected chi connectivity index (χ1v) is 9.23. The molecule has 2 heterocycles. The molecular formula is C18H32N2O. The van der Waals surface area contributed by atoms with Gasteiger partial charge in [0.05, 0.1) is 11.7 Å². The van der Waals surface area contributed by atoms with Gasteiger partial charge < -0.3 is 10.1 Å². The van der Waals surface area contributed by atoms with Gasteiger partial charge in [-0.05, 0) is 58.3 Å². The van der Waals surface area contributed by atoms with Gasteiger partial charge in [-0.1, -0.05) is 12.8 Å². The van der Waals surface area contributed by atoms with Crippen molar-refractivity contribution in [3.8, 4) is 0 Å². The summed E-state index contributed by atoms with van der Waals surface area (Å²) in [4.78, 5) is 2.73. The van der Waals surface area contributed by atoms with E-state index in [9.17, 15) is 0 Å². The first-order valence-electron chi connectivity index (χ1n) is 9.23. The van der Waals surface area contributed by atoms with E-state index < -0.39 is 0 Å². The fourth-order valence-electron chi connectivity index (χ4n) is 4.83. The van der Waals surface area contributed by atoms with Crippen molar-refractivity contribution in [2.75, 3.05) is 19.6 Å². The Morgan fingerprint density at radius 3 is 2.57 bits per heavy atom. The van der Waals surface area contributed by atoms with Crippen LogP contribution in [0.5, 0.6) is 0 Å². The molecule has 1 N–H and O–H groups in total. The average Bonchev–Trinajstić information content (AvgIpc) is 3.08. The number of nitrogens with one attached hydrogen (secondary N) is 1. The molecule has 120 valence electrons. The second-order valence-corrected chi connectivity index (χ2v) is 8.71. The molecule has 4 fully saturated rings. The molecule has 0 amide bonds. The SMILES string of the molecule is CC1(C)CNC(C2CC2)CN1CC1CCC2(CCCC2)O1. The van der Waals surface area contributed by atoms with Gasteiger partial charge in [0.15, 0.2) is 0 Å². The zero-order valence-electron chi connectivity index (χ0n) is 13.9. The molecule has 4 aliphatic rings. The molecule has 0 aromatic rings. The van der Waals surface area contributed by atoms with Crippen molar-refractivity contribution in [1.82, 2.24) is 10.2 Å². The maximum absolute atomic E-state index is 6.56. The standard InChI is InChI=1S/C18H32N2O/c1-17(2)13-19-16(14-5-6-14)12-20(17)11-15-7-10-18(21-15)8-3-4-9-18/h14-16,19H,3-13H2,1-2H3. The first kappa shape index (κ1) is 14.5. The highest BCUT2D eigenvalue weighted by Gasteiger charge is 2.45. The minimum absolute atomic E-state index is 0.278. The monoisotopic (exact) mass is 292 g/mol. The molecule has 2 aliphatic carbocycles. The Labute approximate surface area is 129 Å². The number of piperazine rings is 1. The van der Waals surface area contributed by atoms with E-state index in [0.717, 1.165) is 25.0 Å². The van der Waals surface area contributed by atoms with Crippen molar-refractivity contribution in [2.24, 2.45) is 5.92 Å². The summed E-state index contributed by atoms with van der Waals surface area (Å²) in [5.74, 6) is 0.953. The predicted molar refractivity (Wildman–Crippen MR) is 85.5 cm³/mol. The third-order valence-electron chi connectivity index (χ3n) is 6.54. The van der Waals surface area contributed by atoms with Gasteiger partial charge in [0, 0.05) is 31.2 Å². The van der Waals surface area contributed by atoms with Gasteiger partial charge in [-0.15, -0.1) is 0 Å². The molecule has 0 aromatic carbocycles. The Balaban J connectivity index is 1.38. The van der Waals surface area contributed by atoms with Crippen LogP contribution in [-0.2, 0) is 4.74 Å². The highest BCUT2D eigenvalue weighted by atomic mass is 16.5. The molecule has 0 aromatic heterocycles. The molecule has 2 saturated carbocycles. The minimum atomic E-state index is 0.278. The Kier molecular flexibility index (Phi) is 3.59. The van der Waals surface area contributed by atoms with E-state index in [1.54, 1.807) is 0 Å². The zero-order valence-corrected chi connectivity index (χ0v) is 13.9. The smallest absolute Gasteiger partial charge is 0.0710 e. The summed E-state index contributed by atoms with van der Waals surface area (Å²) in [5.41, 5.74) is 0.568. The lowest BCUT2D eigenvalue weighted by Crippen LogP contribution is -2.63. The number of hydrogen-bond acceptors (Lipinski definition) is 3. The van der Waals surface area contributed by atoms with Crippen LogP contribution in [-0.4, -0.2) is 47.8 Å². The average molecular weight is 292 g/mol. The second-order valence-electron chi connectivity index (χ2n) is 8.71. The van der Waals surface area contributed by atoms with Crippen LogP contribution in [0.2, 0.25) is 0 Å². The number of ether oxygens (including phenoxy) is 1. The molecule has 21 heavy (non-hydrogen) atoms. The summed E-state index contributed by atoms with van der Waals surface area (Å²) in [5, 5.41) is 3.79. The fraction of sp³-hybridized carbons (Fsp3) is 1.00. The maximum atomic E-state index is 6.56. The lowest BCUT2D eigenvalue weighted by atomic mass is 9.94. The molecule has 3 nitrogen and oxygen atoms in total. The van der Waals surface area contributed by atoms with Crippen LogP contribution < -0.4 is 5.32 Å². The normalized spacial score (nSPS) is 39.1. The number of nitrogens with zero attached hydrogens (tertiary/aromatic N) is 1. The molecular weight excluding hydrogens is 260 g/mol. The van der Waals surface area contributed by atoms with Crippen molar-refractivity contribution >= 4 is 0 Å². The molecule has 2 saturated heterocycles. The largest absolute Gasteiger partial charge is 0.370 e. The summed E-state index contributed by atoms with van der Waals surface area (Å²) in [6.45, 7) is 8.29. The molecule has 0 radical (unpaired) electrons. The van der Waals surface area contributed by atoms with Crippen LogP contribution >= 0.6 is 0 Å². The van der Waals surface area contributed by atoms with Gasteiger partial charge in [-0.25, -0.2) is 0 Å². The second kappa shape index (κ2) is 5.21. The molecule has 3 heteroatoms. The molecule has 2 aliphatic heterocycles. The van der Waals surface area contributed by atoms with Gasteiger partial charge in [0.25, 0.3) is 0 Å². The van der Waals surface area contributed by atoms with Crippen molar-refractivity contribution in [2.45, 2.75) is 88.5 Å². The lowest BCUT2D eigenvalue weighted by molar-refractivity contribution is -0.0642. The third-order valence-corrected chi connectivity index (χ3v) is 6.54. The summed E-state index contributed by atoms with van der Waals surface area (Å²) < 4.78 is 6.56. The fourth-order valence-corrected chi connectivity index (χ4v) is 4.83. The van der Waals surface area contributed by atoms with Crippen molar-refractivity contribution in [1.29, 1.82) is 0 Å². The summed E-state index contributed by atoms with van der Waals surface area (Å²) >= 11 is 0. The van der Waals surface area contributed by atoms with E-state index >= 15 is 0 Å². The highest BCUT2D eigenvalue weighted by molar-refractivity contribution is 5.00. The molecule has 2 unspecified atom stereocenters. The van der Waals surface area contributed by atoms with Gasteiger partial charge >= 0.3 is 0 Å². The van der Waals surface area contributed by atoms with E-state index in [0.29, 0.717) is 11.7 Å². The van der Waals surface area contributed by atoms with Crippen LogP contribution in [0.4, 0.5) is 0 Å². The first-order chi connectivity index (χ1) is 10.1. The van der Waals surface area contributed by atoms with Crippen LogP contribution in [0.1, 0.15) is 65.2 Å². The third kappa shape index (κ3) is 2.89. The Hall–Kier alpha value is -0.120. The van der Waals surface area contributed by atoms with Crippen molar-refractivity contribution < 1.29 is 4.74 Å². The van der Waals surface area contributed by atoms with E-state index in [2.05, 4.69) is 24.1 Å². The summed E-state index contributed by atoms with van der Waals surface area (Å²) in [6, 6.07) is 0.736. The van der Waals surface area contributed by atoms with Gasteiger partial charge in [0.2, 0.25) is 0 Å². The van der Waals surface area contributed by atoms with Crippen LogP contribution in [0, 0.1) is 5.92 Å². The minimum Gasteiger partial charge on any atom is -0.370 e. The van der Waals surface area contributed by atoms with E-state index in [1.807, 2.05) is 0 Å². The zero-order chi connectivity index (χ0) is 14.5. The van der Waals surface area contributed by atoms with E-state index in [4.69, 9.17) is 4.74 Å². The summed E-state index contributed by atoms with van der Waals surface area (Å²) in [6.07, 6.45) is 11.4. The lowest BCUT2D eigenvalue weighted by Gasteiger charge is -2.47. The molecule has 2 atom stereocenters. The van der Waals surface area contributed by atoms with Crippen molar-refractivity contribution in [3.63, 3.8) is 0 Å². The predicted octanol–water partition coefficient (Wildman–Crippen LogP) is 2.94. The van der Waals surface area contributed by atoms with E-state index in [1.165, 1.54) is 57.9 Å². The molecule has 0 bridgehead atoms. The molecule has 1 spiro atoms. The van der Waals surface area contributed by atoms with Gasteiger partial charge in [0.1, 0.15) is 0 Å². The summed E-state index contributed by atoms with van der Waals surface area (Å²) in [7, 11) is 0. The quantitative estimate of drug-likeness (QED) is 0.865. The van der Waals surface area contributed by atoms with E-state index in [-0.39, 0.29) is 5.54 Å². The number of hydrogen-bond donors (Lipinski definition) is 1. The Bertz CT molecular complexity index is 385. The molecule has 4 rings (SSSR count). The topological polar surface area (TPSA) is 24.5 Å².